The molecule has 2 N–H and O–H groups in total. The number of anilines is 1. The van der Waals surface area contributed by atoms with E-state index in [1.807, 2.05) is 42.5 Å². The zero-order chi connectivity index (χ0) is 14.9. The molecule has 0 bridgehead atoms. The number of nitrogens with zero attached hydrogens (tertiary/aromatic N) is 1. The molecule has 2 aromatic carbocycles. The van der Waals surface area contributed by atoms with E-state index in [2.05, 4.69) is 28.8 Å². The van der Waals surface area contributed by atoms with Crippen molar-refractivity contribution in [1.82, 2.24) is 5.32 Å². The number of thiocarbonyl (C=S) groups is 1. The Morgan fingerprint density at radius 1 is 1.00 bits per heavy atom. The van der Waals surface area contributed by atoms with Crippen LogP contribution in [0.25, 0.3) is 0 Å². The van der Waals surface area contributed by atoms with Gasteiger partial charge in [0.15, 0.2) is 5.11 Å². The summed E-state index contributed by atoms with van der Waals surface area (Å²) in [6.45, 7) is 0.794. The van der Waals surface area contributed by atoms with Crippen LogP contribution in [0.1, 0.15) is 11.1 Å². The minimum absolute atomic E-state index is 0.431. The molecule has 0 fully saturated rings. The van der Waals surface area contributed by atoms with Gasteiger partial charge in [-0.1, -0.05) is 42.5 Å². The maximum atomic E-state index is 8.63. The molecule has 0 unspecified atom stereocenters. The number of benzene rings is 2. The van der Waals surface area contributed by atoms with Crippen molar-refractivity contribution in [2.75, 3.05) is 11.9 Å². The Bertz CT molecular complexity index is 615. The van der Waals surface area contributed by atoms with Crippen LogP contribution >= 0.6 is 12.2 Å². The molecule has 0 amide bonds. The third kappa shape index (κ3) is 5.25. The second-order valence-corrected chi connectivity index (χ2v) is 5.06. The maximum absolute atomic E-state index is 8.63. The fourth-order valence-corrected chi connectivity index (χ4v) is 2.16. The number of hydrogen-bond acceptors (Lipinski definition) is 2. The van der Waals surface area contributed by atoms with Crippen molar-refractivity contribution in [3.63, 3.8) is 0 Å². The summed E-state index contributed by atoms with van der Waals surface area (Å²) in [6.07, 6.45) is 1.36. The van der Waals surface area contributed by atoms with Gasteiger partial charge in [0, 0.05) is 12.2 Å². The highest BCUT2D eigenvalue weighted by molar-refractivity contribution is 7.80. The molecule has 0 aliphatic heterocycles. The van der Waals surface area contributed by atoms with Crippen LogP contribution in [0, 0.1) is 11.3 Å². The molecule has 0 aromatic heterocycles. The van der Waals surface area contributed by atoms with E-state index in [1.165, 1.54) is 5.56 Å². The van der Waals surface area contributed by atoms with Crippen molar-refractivity contribution in [2.45, 2.75) is 12.8 Å². The van der Waals surface area contributed by atoms with E-state index in [0.717, 1.165) is 24.2 Å². The molecule has 4 heteroatoms. The van der Waals surface area contributed by atoms with Crippen LogP contribution in [-0.2, 0) is 12.8 Å². The molecule has 0 aliphatic carbocycles. The van der Waals surface area contributed by atoms with E-state index in [-0.39, 0.29) is 0 Å². The predicted molar refractivity (Wildman–Crippen MR) is 90.1 cm³/mol. The molecule has 21 heavy (non-hydrogen) atoms. The summed E-state index contributed by atoms with van der Waals surface area (Å²) < 4.78 is 0. The number of nitrogens with one attached hydrogen (secondary N) is 2. The Morgan fingerprint density at radius 2 is 1.71 bits per heavy atom. The first-order valence-corrected chi connectivity index (χ1v) is 7.23. The van der Waals surface area contributed by atoms with Gasteiger partial charge in [0.2, 0.25) is 0 Å². The van der Waals surface area contributed by atoms with Gasteiger partial charge in [0.05, 0.1) is 12.5 Å². The van der Waals surface area contributed by atoms with Gasteiger partial charge in [-0.2, -0.15) is 5.26 Å². The lowest BCUT2D eigenvalue weighted by Gasteiger charge is -2.10. The minimum atomic E-state index is 0.431. The molecule has 0 atom stereocenters. The fourth-order valence-electron chi connectivity index (χ4n) is 1.94. The minimum Gasteiger partial charge on any atom is -0.362 e. The van der Waals surface area contributed by atoms with Crippen LogP contribution in [0.5, 0.6) is 0 Å². The second-order valence-electron chi connectivity index (χ2n) is 4.65. The normalized spacial score (nSPS) is 9.67. The molecule has 0 radical (unpaired) electrons. The Kier molecular flexibility index (Phi) is 5.74. The average Bonchev–Trinajstić information content (AvgIpc) is 2.51. The van der Waals surface area contributed by atoms with Crippen molar-refractivity contribution >= 4 is 23.0 Å². The first-order valence-electron chi connectivity index (χ1n) is 6.82. The molecular formula is C17H17N3S. The van der Waals surface area contributed by atoms with E-state index < -0.39 is 0 Å². The topological polar surface area (TPSA) is 47.9 Å². The third-order valence-corrected chi connectivity index (χ3v) is 3.28. The lowest BCUT2D eigenvalue weighted by molar-refractivity contribution is 0.873. The van der Waals surface area contributed by atoms with Crippen LogP contribution in [0.3, 0.4) is 0 Å². The van der Waals surface area contributed by atoms with Crippen LogP contribution in [0.15, 0.2) is 54.6 Å². The van der Waals surface area contributed by atoms with Crippen LogP contribution in [-0.4, -0.2) is 11.7 Å². The van der Waals surface area contributed by atoms with E-state index >= 15 is 0 Å². The van der Waals surface area contributed by atoms with Crippen molar-refractivity contribution in [1.29, 1.82) is 5.26 Å². The molecule has 0 heterocycles. The van der Waals surface area contributed by atoms with Crippen molar-refractivity contribution in [2.24, 2.45) is 0 Å². The summed E-state index contributed by atoms with van der Waals surface area (Å²) in [4.78, 5) is 0. The highest BCUT2D eigenvalue weighted by atomic mass is 32.1. The summed E-state index contributed by atoms with van der Waals surface area (Å²) in [5.74, 6) is 0. The number of nitriles is 1. The fraction of sp³-hybridized carbons (Fsp3) is 0.176. The van der Waals surface area contributed by atoms with E-state index in [9.17, 15) is 0 Å². The third-order valence-electron chi connectivity index (χ3n) is 3.04. The molecule has 0 aliphatic rings. The first kappa shape index (κ1) is 15.0. The zero-order valence-corrected chi connectivity index (χ0v) is 12.5. The Hall–Kier alpha value is -2.38. The molecule has 106 valence electrons. The molecule has 2 rings (SSSR count). The van der Waals surface area contributed by atoms with Crippen LogP contribution in [0.2, 0.25) is 0 Å². The van der Waals surface area contributed by atoms with E-state index in [0.29, 0.717) is 11.5 Å². The highest BCUT2D eigenvalue weighted by Crippen LogP contribution is 2.09. The summed E-state index contributed by atoms with van der Waals surface area (Å²) in [5, 5.41) is 15.6. The highest BCUT2D eigenvalue weighted by Gasteiger charge is 1.98. The van der Waals surface area contributed by atoms with Gasteiger partial charge in [0.25, 0.3) is 0 Å². The average molecular weight is 295 g/mol. The van der Waals surface area contributed by atoms with Gasteiger partial charge in [-0.3, -0.25) is 0 Å². The van der Waals surface area contributed by atoms with Gasteiger partial charge in [0.1, 0.15) is 0 Å². The van der Waals surface area contributed by atoms with Gasteiger partial charge in [-0.05, 0) is 41.9 Å². The molecule has 0 spiro atoms. The number of rotatable bonds is 5. The lowest BCUT2D eigenvalue weighted by atomic mass is 10.1. The van der Waals surface area contributed by atoms with Crippen molar-refractivity contribution in [3.8, 4) is 6.07 Å². The molecule has 3 nitrogen and oxygen atoms in total. The van der Waals surface area contributed by atoms with Crippen molar-refractivity contribution in [3.05, 3.63) is 65.7 Å². The second kappa shape index (κ2) is 8.03. The lowest BCUT2D eigenvalue weighted by Crippen LogP contribution is -2.30. The van der Waals surface area contributed by atoms with Gasteiger partial charge >= 0.3 is 0 Å². The molecule has 0 saturated carbocycles. The monoisotopic (exact) mass is 295 g/mol. The van der Waals surface area contributed by atoms with Crippen LogP contribution < -0.4 is 10.6 Å². The Labute approximate surface area is 130 Å². The molecule has 0 saturated heterocycles. The van der Waals surface area contributed by atoms with E-state index in [1.54, 1.807) is 0 Å². The quantitative estimate of drug-likeness (QED) is 0.831. The summed E-state index contributed by atoms with van der Waals surface area (Å²) in [6, 6.07) is 20.1. The van der Waals surface area contributed by atoms with E-state index in [4.69, 9.17) is 17.5 Å². The molecular weight excluding hydrogens is 278 g/mol. The zero-order valence-electron chi connectivity index (χ0n) is 11.7. The summed E-state index contributed by atoms with van der Waals surface area (Å²) in [7, 11) is 0. The Morgan fingerprint density at radius 3 is 2.38 bits per heavy atom. The first-order chi connectivity index (χ1) is 10.3. The predicted octanol–water partition coefficient (Wildman–Crippen LogP) is 3.28. The van der Waals surface area contributed by atoms with Crippen LogP contribution in [0.4, 0.5) is 5.69 Å². The van der Waals surface area contributed by atoms with Gasteiger partial charge in [-0.15, -0.1) is 0 Å². The molecule has 2 aromatic rings. The standard InChI is InChI=1S/C17H17N3S/c18-12-10-15-6-8-16(9-7-15)20-17(21)19-13-11-14-4-2-1-3-5-14/h1-9H,10-11,13H2,(H2,19,20,21). The van der Waals surface area contributed by atoms with Crippen molar-refractivity contribution < 1.29 is 0 Å². The van der Waals surface area contributed by atoms with Gasteiger partial charge < -0.3 is 10.6 Å². The summed E-state index contributed by atoms with van der Waals surface area (Å²) >= 11 is 5.26. The maximum Gasteiger partial charge on any atom is 0.170 e. The Balaban J connectivity index is 1.75. The smallest absolute Gasteiger partial charge is 0.170 e. The SMILES string of the molecule is N#CCc1ccc(NC(=S)NCCc2ccccc2)cc1. The van der Waals surface area contributed by atoms with Gasteiger partial charge in [-0.25, -0.2) is 0 Å². The number of hydrogen-bond donors (Lipinski definition) is 2. The summed E-state index contributed by atoms with van der Waals surface area (Å²) in [5.41, 5.74) is 3.22. The largest absolute Gasteiger partial charge is 0.362 e.